The molecule has 0 bridgehead atoms. The highest BCUT2D eigenvalue weighted by Crippen LogP contribution is 2.31. The van der Waals surface area contributed by atoms with Gasteiger partial charge in [0, 0.05) is 14.2 Å². The summed E-state index contributed by atoms with van der Waals surface area (Å²) in [6.07, 6.45) is -6.06. The third-order valence-corrected chi connectivity index (χ3v) is 6.06. The second-order valence-electron chi connectivity index (χ2n) is 8.76. The van der Waals surface area contributed by atoms with Crippen molar-refractivity contribution >= 4 is 17.9 Å². The lowest BCUT2D eigenvalue weighted by atomic mass is 9.97. The number of benzene rings is 3. The highest BCUT2D eigenvalue weighted by Gasteiger charge is 2.53. The summed E-state index contributed by atoms with van der Waals surface area (Å²) in [6.45, 7) is -0.184. The minimum Gasteiger partial charge on any atom is -0.452 e. The van der Waals surface area contributed by atoms with E-state index in [-0.39, 0.29) is 30.1 Å². The molecule has 1 heterocycles. The molecular formula is C30H30O10. The lowest BCUT2D eigenvalue weighted by molar-refractivity contribution is -0.296. The summed E-state index contributed by atoms with van der Waals surface area (Å²) < 4.78 is 39.6. The Bertz CT molecular complexity index is 1240. The zero-order valence-corrected chi connectivity index (χ0v) is 22.0. The average molecular weight is 551 g/mol. The smallest absolute Gasteiger partial charge is 0.338 e. The monoisotopic (exact) mass is 550 g/mol. The van der Waals surface area contributed by atoms with Crippen molar-refractivity contribution in [3.8, 4) is 0 Å². The average Bonchev–Trinajstić information content (AvgIpc) is 3.00. The molecule has 3 aromatic carbocycles. The van der Waals surface area contributed by atoms with Gasteiger partial charge in [0.2, 0.25) is 0 Å². The Hall–Kier alpha value is -4.09. The van der Waals surface area contributed by atoms with Crippen LogP contribution in [0.15, 0.2) is 91.0 Å². The zero-order chi connectivity index (χ0) is 28.3. The molecule has 0 N–H and O–H groups in total. The first-order chi connectivity index (χ1) is 19.5. The maximum Gasteiger partial charge on any atom is 0.338 e. The molecule has 0 saturated carbocycles. The molecule has 210 valence electrons. The Morgan fingerprint density at radius 2 is 1.05 bits per heavy atom. The van der Waals surface area contributed by atoms with Crippen molar-refractivity contribution in [1.82, 2.24) is 0 Å². The molecule has 5 atom stereocenters. The summed E-state index contributed by atoms with van der Waals surface area (Å²) in [6, 6.07) is 24.8. The SMILES string of the molecule is COCOC[C@H]1O[C@@H](OC)[C@H](OC(=O)c2ccccc2)[C@@H](OC(=O)c2ccccc2)[C@@H]1OC(=O)c1ccccc1. The number of hydrogen-bond donors (Lipinski definition) is 0. The molecule has 40 heavy (non-hydrogen) atoms. The van der Waals surface area contributed by atoms with Crippen LogP contribution in [-0.2, 0) is 33.2 Å². The van der Waals surface area contributed by atoms with E-state index in [4.69, 9.17) is 33.2 Å². The van der Waals surface area contributed by atoms with Crippen molar-refractivity contribution in [2.45, 2.75) is 30.7 Å². The number of carbonyl (C=O) groups excluding carboxylic acids is 3. The van der Waals surface area contributed by atoms with Crippen LogP contribution in [0.1, 0.15) is 31.1 Å². The van der Waals surface area contributed by atoms with Crippen LogP contribution in [0.5, 0.6) is 0 Å². The Labute approximate surface area is 231 Å². The van der Waals surface area contributed by atoms with Crippen LogP contribution in [-0.4, -0.2) is 76.2 Å². The largest absolute Gasteiger partial charge is 0.452 e. The number of esters is 3. The molecule has 0 amide bonds. The van der Waals surface area contributed by atoms with Gasteiger partial charge in [-0.05, 0) is 36.4 Å². The van der Waals surface area contributed by atoms with Crippen molar-refractivity contribution in [3.63, 3.8) is 0 Å². The molecule has 1 fully saturated rings. The Morgan fingerprint density at radius 3 is 1.48 bits per heavy atom. The van der Waals surface area contributed by atoms with E-state index < -0.39 is 48.6 Å². The molecular weight excluding hydrogens is 520 g/mol. The molecule has 0 aromatic heterocycles. The standard InChI is InChI=1S/C30H30O10/c1-34-19-36-18-23-24(38-27(31)20-12-6-3-7-13-20)25(39-28(32)21-14-8-4-9-15-21)26(30(35-2)37-23)40-29(33)22-16-10-5-11-17-22/h3-17,23-26,30H,18-19H2,1-2H3/t23-,24-,25+,26-,30-/m1/s1. The fraction of sp³-hybridized carbons (Fsp3) is 0.300. The van der Waals surface area contributed by atoms with Gasteiger partial charge in [-0.3, -0.25) is 0 Å². The number of methoxy groups -OCH3 is 2. The number of ether oxygens (including phenoxy) is 7. The van der Waals surface area contributed by atoms with E-state index in [1.54, 1.807) is 91.0 Å². The molecule has 0 spiro atoms. The summed E-state index contributed by atoms with van der Waals surface area (Å²) in [5.41, 5.74) is 0.768. The first kappa shape index (κ1) is 28.9. The zero-order valence-electron chi connectivity index (χ0n) is 22.0. The third kappa shape index (κ3) is 7.30. The van der Waals surface area contributed by atoms with Gasteiger partial charge >= 0.3 is 17.9 Å². The van der Waals surface area contributed by atoms with Crippen molar-refractivity contribution < 1.29 is 47.5 Å². The second-order valence-corrected chi connectivity index (χ2v) is 8.76. The highest BCUT2D eigenvalue weighted by atomic mass is 16.7. The third-order valence-electron chi connectivity index (χ3n) is 6.06. The summed E-state index contributed by atoms with van der Waals surface area (Å²) in [7, 11) is 2.81. The Kier molecular flexibility index (Phi) is 10.4. The molecule has 0 radical (unpaired) electrons. The molecule has 0 unspecified atom stereocenters. The van der Waals surface area contributed by atoms with Gasteiger partial charge in [-0.2, -0.15) is 0 Å². The summed E-state index contributed by atoms with van der Waals surface area (Å²) >= 11 is 0. The number of rotatable bonds is 11. The van der Waals surface area contributed by atoms with Crippen LogP contribution >= 0.6 is 0 Å². The molecule has 1 aliphatic heterocycles. The minimum absolute atomic E-state index is 0.0717. The first-order valence-corrected chi connectivity index (χ1v) is 12.5. The van der Waals surface area contributed by atoms with Crippen LogP contribution < -0.4 is 0 Å². The van der Waals surface area contributed by atoms with E-state index in [9.17, 15) is 14.4 Å². The molecule has 10 nitrogen and oxygen atoms in total. The maximum atomic E-state index is 13.2. The fourth-order valence-electron chi connectivity index (χ4n) is 4.15. The Morgan fingerprint density at radius 1 is 0.625 bits per heavy atom. The van der Waals surface area contributed by atoms with E-state index in [0.29, 0.717) is 0 Å². The quantitative estimate of drug-likeness (QED) is 0.152. The van der Waals surface area contributed by atoms with Crippen molar-refractivity contribution in [1.29, 1.82) is 0 Å². The minimum atomic E-state index is -1.33. The first-order valence-electron chi connectivity index (χ1n) is 12.5. The van der Waals surface area contributed by atoms with Crippen LogP contribution in [0.25, 0.3) is 0 Å². The lowest BCUT2D eigenvalue weighted by Crippen LogP contribution is -2.63. The van der Waals surface area contributed by atoms with E-state index in [0.717, 1.165) is 0 Å². The summed E-state index contributed by atoms with van der Waals surface area (Å²) in [4.78, 5) is 39.5. The molecule has 3 aromatic rings. The van der Waals surface area contributed by atoms with Gasteiger partial charge < -0.3 is 33.2 Å². The van der Waals surface area contributed by atoms with Crippen molar-refractivity contribution in [2.24, 2.45) is 0 Å². The van der Waals surface area contributed by atoms with Gasteiger partial charge in [0.25, 0.3) is 0 Å². The van der Waals surface area contributed by atoms with E-state index in [2.05, 4.69) is 0 Å². The van der Waals surface area contributed by atoms with Gasteiger partial charge in [0.05, 0.1) is 23.3 Å². The predicted octanol–water partition coefficient (Wildman–Crippen LogP) is 3.66. The lowest BCUT2D eigenvalue weighted by Gasteiger charge is -2.44. The predicted molar refractivity (Wildman–Crippen MR) is 140 cm³/mol. The van der Waals surface area contributed by atoms with E-state index in [1.165, 1.54) is 14.2 Å². The van der Waals surface area contributed by atoms with E-state index >= 15 is 0 Å². The molecule has 1 aliphatic rings. The van der Waals surface area contributed by atoms with Crippen molar-refractivity contribution in [2.75, 3.05) is 27.6 Å². The Balaban J connectivity index is 1.70. The van der Waals surface area contributed by atoms with Crippen LogP contribution in [0.4, 0.5) is 0 Å². The van der Waals surface area contributed by atoms with Gasteiger partial charge in [-0.1, -0.05) is 54.6 Å². The highest BCUT2D eigenvalue weighted by molar-refractivity contribution is 5.91. The second kappa shape index (κ2) is 14.3. The van der Waals surface area contributed by atoms with Crippen LogP contribution in [0.2, 0.25) is 0 Å². The summed E-state index contributed by atoms with van der Waals surface area (Å²) in [5.74, 6) is -2.13. The topological polar surface area (TPSA) is 116 Å². The maximum absolute atomic E-state index is 13.2. The summed E-state index contributed by atoms with van der Waals surface area (Å²) in [5, 5.41) is 0. The van der Waals surface area contributed by atoms with Gasteiger partial charge in [0.15, 0.2) is 24.6 Å². The molecule has 4 rings (SSSR count). The van der Waals surface area contributed by atoms with Gasteiger partial charge in [-0.15, -0.1) is 0 Å². The van der Waals surface area contributed by atoms with Crippen LogP contribution in [0.3, 0.4) is 0 Å². The normalized spacial score (nSPS) is 22.2. The fourth-order valence-corrected chi connectivity index (χ4v) is 4.15. The number of carbonyl (C=O) groups is 3. The molecule has 0 aliphatic carbocycles. The molecule has 10 heteroatoms. The van der Waals surface area contributed by atoms with Crippen molar-refractivity contribution in [3.05, 3.63) is 108 Å². The van der Waals surface area contributed by atoms with E-state index in [1.807, 2.05) is 0 Å². The van der Waals surface area contributed by atoms with Gasteiger partial charge in [0.1, 0.15) is 12.9 Å². The van der Waals surface area contributed by atoms with Gasteiger partial charge in [-0.25, -0.2) is 14.4 Å². The van der Waals surface area contributed by atoms with Crippen LogP contribution in [0, 0.1) is 0 Å². The number of hydrogen-bond acceptors (Lipinski definition) is 10. The molecule has 1 saturated heterocycles.